The highest BCUT2D eigenvalue weighted by molar-refractivity contribution is 5.70. The van der Waals surface area contributed by atoms with Gasteiger partial charge in [-0.3, -0.25) is 4.79 Å². The topological polar surface area (TPSA) is 38.8 Å². The van der Waals surface area contributed by atoms with Crippen LogP contribution in [0.2, 0.25) is 0 Å². The van der Waals surface area contributed by atoms with Crippen LogP contribution >= 0.6 is 0 Å². The van der Waals surface area contributed by atoms with Crippen LogP contribution < -0.4 is 0 Å². The maximum atomic E-state index is 12.0. The molecule has 0 spiro atoms. The van der Waals surface area contributed by atoms with Crippen molar-refractivity contribution in [1.82, 2.24) is 4.90 Å². The normalized spacial score (nSPS) is 14.7. The predicted octanol–water partition coefficient (Wildman–Crippen LogP) is 4.08. The molecule has 0 aromatic heterocycles. The average Bonchev–Trinajstić information content (AvgIpc) is 3.07. The molecule has 1 unspecified atom stereocenters. The number of hydrogen-bond donors (Lipinski definition) is 0. The Labute approximate surface area is 151 Å². The molecule has 0 heterocycles. The number of hydrogen-bond acceptors (Lipinski definition) is 4. The summed E-state index contributed by atoms with van der Waals surface area (Å²) in [5, 5.41) is 0. The van der Waals surface area contributed by atoms with Crippen LogP contribution in [0.5, 0.6) is 0 Å². The lowest BCUT2D eigenvalue weighted by Crippen LogP contribution is -2.34. The van der Waals surface area contributed by atoms with Crippen molar-refractivity contribution < 1.29 is 14.3 Å². The third kappa shape index (κ3) is 5.75. The third-order valence-corrected chi connectivity index (χ3v) is 4.30. The fourth-order valence-electron chi connectivity index (χ4n) is 3.05. The summed E-state index contributed by atoms with van der Waals surface area (Å²) in [7, 11) is 0. The van der Waals surface area contributed by atoms with E-state index in [1.54, 1.807) is 0 Å². The largest absolute Gasteiger partial charge is 0.466 e. The van der Waals surface area contributed by atoms with E-state index in [1.165, 1.54) is 16.8 Å². The molecule has 4 nitrogen and oxygen atoms in total. The van der Waals surface area contributed by atoms with Crippen molar-refractivity contribution in [2.45, 2.75) is 46.2 Å². The summed E-state index contributed by atoms with van der Waals surface area (Å²) in [4.78, 5) is 14.3. The molecule has 1 aromatic rings. The Kier molecular flexibility index (Phi) is 7.74. The van der Waals surface area contributed by atoms with Crippen molar-refractivity contribution in [1.29, 1.82) is 0 Å². The van der Waals surface area contributed by atoms with Gasteiger partial charge in [0.05, 0.1) is 19.6 Å². The highest BCUT2D eigenvalue weighted by Crippen LogP contribution is 2.28. The van der Waals surface area contributed by atoms with Gasteiger partial charge in [0.15, 0.2) is 0 Å². The van der Waals surface area contributed by atoms with Gasteiger partial charge in [0.25, 0.3) is 0 Å². The van der Waals surface area contributed by atoms with Crippen LogP contribution in [0.25, 0.3) is 0 Å². The molecule has 0 saturated heterocycles. The zero-order chi connectivity index (χ0) is 18.1. The van der Waals surface area contributed by atoms with Gasteiger partial charge in [-0.2, -0.15) is 0 Å². The highest BCUT2D eigenvalue weighted by atomic mass is 16.5. The van der Waals surface area contributed by atoms with Gasteiger partial charge in [-0.1, -0.05) is 42.5 Å². The van der Waals surface area contributed by atoms with Crippen molar-refractivity contribution >= 4 is 5.97 Å². The number of nitrogens with zero attached hydrogens (tertiary/aromatic N) is 1. The molecular weight excluding hydrogens is 314 g/mol. The molecule has 0 fully saturated rings. The van der Waals surface area contributed by atoms with Gasteiger partial charge in [-0.05, 0) is 31.9 Å². The minimum absolute atomic E-state index is 0.0609. The standard InChI is InChI=1S/C21H29NO3/c1-4-24-16-19-12-9-13-20(19)22(15-18-10-7-6-8-11-18)17(3)14-21(23)25-5-2/h6-12,17H,4-5,13-16H2,1-3H3. The molecule has 136 valence electrons. The first-order chi connectivity index (χ1) is 12.2. The van der Waals surface area contributed by atoms with E-state index in [4.69, 9.17) is 9.47 Å². The van der Waals surface area contributed by atoms with Gasteiger partial charge < -0.3 is 14.4 Å². The summed E-state index contributed by atoms with van der Waals surface area (Å²) in [6.45, 7) is 8.43. The van der Waals surface area contributed by atoms with Crippen LogP contribution in [-0.2, 0) is 20.8 Å². The Morgan fingerprint density at radius 3 is 2.64 bits per heavy atom. The highest BCUT2D eigenvalue weighted by Gasteiger charge is 2.24. The Morgan fingerprint density at radius 2 is 1.96 bits per heavy atom. The molecule has 25 heavy (non-hydrogen) atoms. The first-order valence-corrected chi connectivity index (χ1v) is 9.08. The molecule has 1 atom stereocenters. The summed E-state index contributed by atoms with van der Waals surface area (Å²) in [6.07, 6.45) is 5.56. The second kappa shape index (κ2) is 10.0. The lowest BCUT2D eigenvalue weighted by molar-refractivity contribution is -0.144. The quantitative estimate of drug-likeness (QED) is 0.600. The van der Waals surface area contributed by atoms with Gasteiger partial charge in [0, 0.05) is 31.3 Å². The Bertz CT molecular complexity index is 607. The monoisotopic (exact) mass is 343 g/mol. The third-order valence-electron chi connectivity index (χ3n) is 4.30. The smallest absolute Gasteiger partial charge is 0.307 e. The zero-order valence-corrected chi connectivity index (χ0v) is 15.5. The molecule has 1 aromatic carbocycles. The van der Waals surface area contributed by atoms with Crippen LogP contribution in [-0.4, -0.2) is 36.7 Å². The van der Waals surface area contributed by atoms with Crippen LogP contribution in [0.15, 0.2) is 53.8 Å². The SMILES string of the molecule is CCOCC1=C(N(Cc2ccccc2)C(C)CC(=O)OCC)CC=C1. The van der Waals surface area contributed by atoms with E-state index < -0.39 is 0 Å². The van der Waals surface area contributed by atoms with Gasteiger partial charge in [0.2, 0.25) is 0 Å². The molecule has 0 N–H and O–H groups in total. The second-order valence-electron chi connectivity index (χ2n) is 6.19. The summed E-state index contributed by atoms with van der Waals surface area (Å²) in [5.74, 6) is -0.147. The van der Waals surface area contributed by atoms with Gasteiger partial charge >= 0.3 is 5.97 Å². The van der Waals surface area contributed by atoms with Crippen molar-refractivity contribution in [3.8, 4) is 0 Å². The summed E-state index contributed by atoms with van der Waals surface area (Å²) in [6, 6.07) is 10.4. The summed E-state index contributed by atoms with van der Waals surface area (Å²) in [5.41, 5.74) is 3.68. The fourth-order valence-corrected chi connectivity index (χ4v) is 3.05. The molecule has 0 radical (unpaired) electrons. The van der Waals surface area contributed by atoms with Crippen LogP contribution in [0.3, 0.4) is 0 Å². The number of allylic oxidation sites excluding steroid dienone is 1. The first-order valence-electron chi connectivity index (χ1n) is 9.08. The lowest BCUT2D eigenvalue weighted by Gasteiger charge is -2.33. The summed E-state index contributed by atoms with van der Waals surface area (Å²) < 4.78 is 10.8. The van der Waals surface area contributed by atoms with Gasteiger partial charge in [-0.15, -0.1) is 0 Å². The molecule has 1 aliphatic rings. The van der Waals surface area contributed by atoms with Crippen molar-refractivity contribution in [2.75, 3.05) is 19.8 Å². The van der Waals surface area contributed by atoms with E-state index in [-0.39, 0.29) is 12.0 Å². The zero-order valence-electron chi connectivity index (χ0n) is 15.5. The number of rotatable bonds is 10. The Morgan fingerprint density at radius 1 is 1.20 bits per heavy atom. The molecule has 4 heteroatoms. The average molecular weight is 343 g/mol. The minimum atomic E-state index is -0.147. The van der Waals surface area contributed by atoms with Crippen molar-refractivity contribution in [2.24, 2.45) is 0 Å². The van der Waals surface area contributed by atoms with Crippen molar-refractivity contribution in [3.05, 3.63) is 59.3 Å². The summed E-state index contributed by atoms with van der Waals surface area (Å²) >= 11 is 0. The van der Waals surface area contributed by atoms with Gasteiger partial charge in [0.1, 0.15) is 0 Å². The molecule has 0 saturated carbocycles. The van der Waals surface area contributed by atoms with Crippen LogP contribution in [0, 0.1) is 0 Å². The van der Waals surface area contributed by atoms with Crippen LogP contribution in [0.4, 0.5) is 0 Å². The first kappa shape index (κ1) is 19.3. The predicted molar refractivity (Wildman–Crippen MR) is 100.0 cm³/mol. The molecule has 1 aliphatic carbocycles. The van der Waals surface area contributed by atoms with Crippen molar-refractivity contribution in [3.63, 3.8) is 0 Å². The van der Waals surface area contributed by atoms with E-state index in [2.05, 4.69) is 36.1 Å². The van der Waals surface area contributed by atoms with E-state index in [0.717, 1.165) is 13.0 Å². The lowest BCUT2D eigenvalue weighted by atomic mass is 10.1. The fraction of sp³-hybridized carbons (Fsp3) is 0.476. The second-order valence-corrected chi connectivity index (χ2v) is 6.19. The van der Waals surface area contributed by atoms with Crippen LogP contribution in [0.1, 0.15) is 39.2 Å². The number of ether oxygens (including phenoxy) is 2. The van der Waals surface area contributed by atoms with E-state index in [0.29, 0.717) is 26.2 Å². The Hall–Kier alpha value is -2.07. The van der Waals surface area contributed by atoms with Gasteiger partial charge in [-0.25, -0.2) is 0 Å². The molecule has 0 amide bonds. The van der Waals surface area contributed by atoms with E-state index >= 15 is 0 Å². The number of carbonyl (C=O) groups excluding carboxylic acids is 1. The minimum Gasteiger partial charge on any atom is -0.466 e. The van der Waals surface area contributed by atoms with E-state index in [1.807, 2.05) is 32.0 Å². The number of carbonyl (C=O) groups is 1. The number of esters is 1. The Balaban J connectivity index is 2.20. The maximum Gasteiger partial charge on any atom is 0.307 e. The van der Waals surface area contributed by atoms with E-state index in [9.17, 15) is 4.79 Å². The number of benzene rings is 1. The maximum absolute atomic E-state index is 12.0. The molecule has 0 aliphatic heterocycles. The molecular formula is C21H29NO3. The molecule has 2 rings (SSSR count). The molecule has 0 bridgehead atoms.